The molecule has 0 aliphatic carbocycles. The zero-order chi connectivity index (χ0) is 19.4. The summed E-state index contributed by atoms with van der Waals surface area (Å²) in [5.41, 5.74) is 1.64. The molecule has 1 aliphatic rings. The second-order valence-corrected chi connectivity index (χ2v) is 7.14. The quantitative estimate of drug-likeness (QED) is 0.783. The monoisotopic (exact) mass is 395 g/mol. The van der Waals surface area contributed by atoms with Gasteiger partial charge in [0.15, 0.2) is 0 Å². The van der Waals surface area contributed by atoms with Gasteiger partial charge in [-0.2, -0.15) is 8.78 Å². The Kier molecular flexibility index (Phi) is 6.00. The summed E-state index contributed by atoms with van der Waals surface area (Å²) in [5.74, 6) is -0.269. The topological polar surface area (TPSA) is 71.5 Å². The molecule has 3 rings (SSSR count). The van der Waals surface area contributed by atoms with Gasteiger partial charge in [0.2, 0.25) is 11.8 Å². The van der Waals surface area contributed by atoms with E-state index in [1.165, 1.54) is 28.4 Å². The van der Waals surface area contributed by atoms with E-state index in [0.717, 1.165) is 16.3 Å². The van der Waals surface area contributed by atoms with Gasteiger partial charge in [-0.3, -0.25) is 9.59 Å². The van der Waals surface area contributed by atoms with Crippen LogP contribution in [0, 0.1) is 6.92 Å². The molecule has 9 heteroatoms. The van der Waals surface area contributed by atoms with E-state index in [9.17, 15) is 18.4 Å². The largest absolute Gasteiger partial charge is 0.435 e. The van der Waals surface area contributed by atoms with Crippen LogP contribution in [-0.4, -0.2) is 34.4 Å². The summed E-state index contributed by atoms with van der Waals surface area (Å²) in [6, 6.07) is 5.51. The number of hydrogen-bond acceptors (Lipinski definition) is 5. The Morgan fingerprint density at radius 3 is 2.78 bits per heavy atom. The summed E-state index contributed by atoms with van der Waals surface area (Å²) in [4.78, 5) is 30.5. The van der Waals surface area contributed by atoms with Gasteiger partial charge >= 0.3 is 6.61 Å². The summed E-state index contributed by atoms with van der Waals surface area (Å²) >= 11 is 1.47. The van der Waals surface area contributed by atoms with Crippen LogP contribution >= 0.6 is 11.3 Å². The van der Waals surface area contributed by atoms with E-state index >= 15 is 0 Å². The summed E-state index contributed by atoms with van der Waals surface area (Å²) in [6.45, 7) is -0.431. The molecule has 1 aromatic heterocycles. The van der Waals surface area contributed by atoms with Crippen LogP contribution in [0.15, 0.2) is 29.6 Å². The summed E-state index contributed by atoms with van der Waals surface area (Å²) in [5, 5.41) is 5.56. The molecule has 144 valence electrons. The molecule has 27 heavy (non-hydrogen) atoms. The molecular formula is C18H19F2N3O3S. The number of nitrogens with one attached hydrogen (secondary N) is 1. The third kappa shape index (κ3) is 5.00. The first-order valence-electron chi connectivity index (χ1n) is 8.44. The fourth-order valence-electron chi connectivity index (χ4n) is 2.94. The van der Waals surface area contributed by atoms with Gasteiger partial charge in [0.1, 0.15) is 16.8 Å². The minimum absolute atomic E-state index is 0.0505. The van der Waals surface area contributed by atoms with Gasteiger partial charge < -0.3 is 15.0 Å². The van der Waals surface area contributed by atoms with Crippen molar-refractivity contribution in [3.63, 3.8) is 0 Å². The molecule has 1 fully saturated rings. The highest BCUT2D eigenvalue weighted by Gasteiger charge is 2.35. The average molecular weight is 395 g/mol. The van der Waals surface area contributed by atoms with Crippen LogP contribution in [0.5, 0.6) is 5.75 Å². The van der Waals surface area contributed by atoms with E-state index < -0.39 is 12.7 Å². The number of carbonyl (C=O) groups is 2. The van der Waals surface area contributed by atoms with Crippen LogP contribution < -0.4 is 10.1 Å². The minimum Gasteiger partial charge on any atom is -0.435 e. The summed E-state index contributed by atoms with van der Waals surface area (Å²) < 4.78 is 28.7. The number of alkyl halides is 2. The van der Waals surface area contributed by atoms with Crippen LogP contribution in [0.4, 0.5) is 8.78 Å². The van der Waals surface area contributed by atoms with E-state index in [0.29, 0.717) is 19.4 Å². The van der Waals surface area contributed by atoms with Crippen molar-refractivity contribution >= 4 is 23.2 Å². The lowest BCUT2D eigenvalue weighted by Gasteiger charge is -2.24. The molecule has 0 saturated carbocycles. The third-order valence-electron chi connectivity index (χ3n) is 4.21. The van der Waals surface area contributed by atoms with Gasteiger partial charge in [-0.1, -0.05) is 12.1 Å². The molecule has 0 bridgehead atoms. The number of thiazole rings is 1. The van der Waals surface area contributed by atoms with Crippen molar-refractivity contribution in [2.24, 2.45) is 0 Å². The number of benzene rings is 1. The zero-order valence-corrected chi connectivity index (χ0v) is 15.5. The predicted octanol–water partition coefficient (Wildman–Crippen LogP) is 2.86. The number of amides is 2. The molecular weight excluding hydrogens is 376 g/mol. The fourth-order valence-corrected chi connectivity index (χ4v) is 3.65. The lowest BCUT2D eigenvalue weighted by molar-refractivity contribution is -0.135. The van der Waals surface area contributed by atoms with Crippen LogP contribution in [0.3, 0.4) is 0 Å². The van der Waals surface area contributed by atoms with Gasteiger partial charge in [-0.15, -0.1) is 11.3 Å². The van der Waals surface area contributed by atoms with E-state index in [-0.39, 0.29) is 24.1 Å². The Bertz CT molecular complexity index is 810. The van der Waals surface area contributed by atoms with E-state index in [1.54, 1.807) is 12.1 Å². The Morgan fingerprint density at radius 1 is 1.41 bits per heavy atom. The molecule has 2 amide bonds. The number of rotatable bonds is 7. The number of likely N-dealkylation sites (tertiary alicyclic amines) is 1. The second kappa shape index (κ2) is 8.43. The number of halogens is 2. The Balaban J connectivity index is 1.60. The van der Waals surface area contributed by atoms with Crippen LogP contribution in [0.25, 0.3) is 0 Å². The van der Waals surface area contributed by atoms with Crippen LogP contribution in [0.1, 0.15) is 29.1 Å². The number of nitrogens with zero attached hydrogens (tertiary/aromatic N) is 2. The minimum atomic E-state index is -2.88. The van der Waals surface area contributed by atoms with Crippen molar-refractivity contribution in [2.75, 3.05) is 0 Å². The molecule has 1 aromatic carbocycles. The average Bonchev–Trinajstić information content (AvgIpc) is 3.20. The summed E-state index contributed by atoms with van der Waals surface area (Å²) in [6.07, 6.45) is 0.759. The van der Waals surface area contributed by atoms with Crippen molar-refractivity contribution in [1.29, 1.82) is 0 Å². The van der Waals surface area contributed by atoms with Gasteiger partial charge in [0.25, 0.3) is 0 Å². The Hall–Kier alpha value is -2.55. The van der Waals surface area contributed by atoms with Crippen molar-refractivity contribution < 1.29 is 23.1 Å². The highest BCUT2D eigenvalue weighted by atomic mass is 32.1. The highest BCUT2D eigenvalue weighted by molar-refractivity contribution is 7.09. The van der Waals surface area contributed by atoms with Crippen LogP contribution in [-0.2, 0) is 22.7 Å². The van der Waals surface area contributed by atoms with Gasteiger partial charge in [-0.25, -0.2) is 4.98 Å². The van der Waals surface area contributed by atoms with Crippen molar-refractivity contribution in [1.82, 2.24) is 15.2 Å². The number of aromatic nitrogens is 1. The normalized spacial score (nSPS) is 16.8. The first-order valence-corrected chi connectivity index (χ1v) is 9.32. The van der Waals surface area contributed by atoms with Gasteiger partial charge in [0.05, 0.1) is 6.54 Å². The van der Waals surface area contributed by atoms with Gasteiger partial charge in [0, 0.05) is 24.0 Å². The first kappa shape index (κ1) is 19.2. The molecule has 1 N–H and O–H groups in total. The standard InChI is InChI=1S/C18H19F2N3O3S/c1-11-10-27-15(22-11)8-21-17(25)14-6-7-16(24)23(14)9-12-2-4-13(5-3-12)26-18(19)20/h2-5,10,14,18H,6-9H2,1H3,(H,21,25). The van der Waals surface area contributed by atoms with E-state index in [1.807, 2.05) is 12.3 Å². The number of aryl methyl sites for hydroxylation is 1. The first-order chi connectivity index (χ1) is 12.9. The van der Waals surface area contributed by atoms with Crippen molar-refractivity contribution in [3.05, 3.63) is 45.9 Å². The Morgan fingerprint density at radius 2 is 2.15 bits per heavy atom. The molecule has 6 nitrogen and oxygen atoms in total. The maximum Gasteiger partial charge on any atom is 0.387 e. The molecule has 0 spiro atoms. The smallest absolute Gasteiger partial charge is 0.387 e. The molecule has 1 aliphatic heterocycles. The SMILES string of the molecule is Cc1csc(CNC(=O)C2CCC(=O)N2Cc2ccc(OC(F)F)cc2)n1. The maximum absolute atomic E-state index is 12.5. The lowest BCUT2D eigenvalue weighted by atomic mass is 10.1. The molecule has 2 aromatic rings. The van der Waals surface area contributed by atoms with E-state index in [2.05, 4.69) is 15.0 Å². The van der Waals surface area contributed by atoms with Crippen molar-refractivity contribution in [3.8, 4) is 5.75 Å². The highest BCUT2D eigenvalue weighted by Crippen LogP contribution is 2.23. The van der Waals surface area contributed by atoms with Crippen LogP contribution in [0.2, 0.25) is 0 Å². The molecule has 1 unspecified atom stereocenters. The third-order valence-corrected chi connectivity index (χ3v) is 5.18. The Labute approximate surface area is 159 Å². The fraction of sp³-hybridized carbons (Fsp3) is 0.389. The number of hydrogen-bond donors (Lipinski definition) is 1. The number of ether oxygens (including phenoxy) is 1. The molecule has 2 heterocycles. The van der Waals surface area contributed by atoms with Gasteiger partial charge in [-0.05, 0) is 31.0 Å². The predicted molar refractivity (Wildman–Crippen MR) is 95.3 cm³/mol. The number of carbonyl (C=O) groups excluding carboxylic acids is 2. The molecule has 0 radical (unpaired) electrons. The molecule has 1 atom stereocenters. The summed E-state index contributed by atoms with van der Waals surface area (Å²) in [7, 11) is 0. The van der Waals surface area contributed by atoms with Crippen molar-refractivity contribution in [2.45, 2.75) is 45.5 Å². The maximum atomic E-state index is 12.5. The van der Waals surface area contributed by atoms with E-state index in [4.69, 9.17) is 0 Å². The lowest BCUT2D eigenvalue weighted by Crippen LogP contribution is -2.44. The zero-order valence-electron chi connectivity index (χ0n) is 14.7. The second-order valence-electron chi connectivity index (χ2n) is 6.20. The molecule has 1 saturated heterocycles.